The number of hydrogen-bond donors (Lipinski definition) is 1. The van der Waals surface area contributed by atoms with Gasteiger partial charge in [0.1, 0.15) is 23.7 Å². The molecule has 2 aliphatic rings. The zero-order valence-corrected chi connectivity index (χ0v) is 17.2. The van der Waals surface area contributed by atoms with Crippen LogP contribution < -0.4 is 5.32 Å². The minimum Gasteiger partial charge on any atom is -0.467 e. The molecule has 2 fully saturated rings. The molecule has 9 nitrogen and oxygen atoms in total. The molecule has 2 aliphatic heterocycles. The molecule has 1 N–H and O–H groups in total. The number of esters is 1. The van der Waals surface area contributed by atoms with Crippen molar-refractivity contribution in [1.29, 1.82) is 0 Å². The molecule has 1 amide bonds. The molecule has 0 aromatic carbocycles. The summed E-state index contributed by atoms with van der Waals surface area (Å²) in [5, 5.41) is 2.60. The highest BCUT2D eigenvalue weighted by molar-refractivity contribution is 8.14. The Morgan fingerprint density at radius 3 is 2.48 bits per heavy atom. The molecular formula is C17H27NO8S. The molecule has 0 aliphatic carbocycles. The SMILES string of the molecule is COC(=O)C(C)O[C@@H]1[C@@H](NC(C)=O)[C@@H](SC(C)=O)O[C@@H]2COC(C)(C)O[C@@H]12. The van der Waals surface area contributed by atoms with Crippen LogP contribution in [0.3, 0.4) is 0 Å². The fraction of sp³-hybridized carbons (Fsp3) is 0.824. The Balaban J connectivity index is 2.35. The molecule has 0 spiro atoms. The standard InChI is InChI=1S/C17H27NO8S/c1-8(15(21)22-6)24-14-12(18-9(2)19)16(27-10(3)20)25-11-7-23-17(4,5)26-13(11)14/h8,11-14,16H,7H2,1-6H3,(H,18,19)/t8?,11-,12-,13-,14-,16-/m1/s1. The summed E-state index contributed by atoms with van der Waals surface area (Å²) >= 11 is 0.943. The van der Waals surface area contributed by atoms with Gasteiger partial charge in [0.25, 0.3) is 0 Å². The van der Waals surface area contributed by atoms with Crippen molar-refractivity contribution in [3.8, 4) is 0 Å². The van der Waals surface area contributed by atoms with E-state index in [0.29, 0.717) is 0 Å². The first kappa shape index (κ1) is 22.1. The Bertz CT molecular complexity index is 583. The van der Waals surface area contributed by atoms with E-state index in [-0.39, 0.29) is 17.6 Å². The maximum atomic E-state index is 11.9. The predicted molar refractivity (Wildman–Crippen MR) is 95.8 cm³/mol. The number of fused-ring (bicyclic) bond motifs is 1. The van der Waals surface area contributed by atoms with E-state index in [1.54, 1.807) is 20.8 Å². The van der Waals surface area contributed by atoms with Crippen molar-refractivity contribution >= 4 is 28.8 Å². The molecule has 2 rings (SSSR count). The lowest BCUT2D eigenvalue weighted by Gasteiger charge is -2.51. The minimum atomic E-state index is -0.896. The summed E-state index contributed by atoms with van der Waals surface area (Å²) < 4.78 is 28.3. The van der Waals surface area contributed by atoms with Crippen molar-refractivity contribution in [1.82, 2.24) is 5.32 Å². The molecule has 2 heterocycles. The predicted octanol–water partition coefficient (Wildman–Crippen LogP) is 0.594. The van der Waals surface area contributed by atoms with Gasteiger partial charge in [-0.1, -0.05) is 11.8 Å². The van der Waals surface area contributed by atoms with E-state index < -0.39 is 47.7 Å². The Morgan fingerprint density at radius 2 is 1.93 bits per heavy atom. The minimum absolute atomic E-state index is 0.174. The van der Waals surface area contributed by atoms with Gasteiger partial charge in [0.15, 0.2) is 17.0 Å². The first-order chi connectivity index (χ1) is 12.5. The van der Waals surface area contributed by atoms with Crippen LogP contribution in [0.4, 0.5) is 0 Å². The lowest BCUT2D eigenvalue weighted by Crippen LogP contribution is -2.68. The van der Waals surface area contributed by atoms with Crippen LogP contribution in [0.2, 0.25) is 0 Å². The van der Waals surface area contributed by atoms with Crippen molar-refractivity contribution in [2.75, 3.05) is 13.7 Å². The van der Waals surface area contributed by atoms with Crippen LogP contribution in [-0.4, -0.2) is 72.4 Å². The van der Waals surface area contributed by atoms with Crippen molar-refractivity contribution in [3.63, 3.8) is 0 Å². The van der Waals surface area contributed by atoms with Gasteiger partial charge in [-0.05, 0) is 20.8 Å². The van der Waals surface area contributed by atoms with Gasteiger partial charge in [-0.2, -0.15) is 0 Å². The number of ether oxygens (including phenoxy) is 5. The van der Waals surface area contributed by atoms with Crippen LogP contribution in [-0.2, 0) is 38.1 Å². The number of nitrogens with one attached hydrogen (secondary N) is 1. The van der Waals surface area contributed by atoms with Crippen LogP contribution >= 0.6 is 11.8 Å². The van der Waals surface area contributed by atoms with Crippen LogP contribution in [0.15, 0.2) is 0 Å². The number of amides is 1. The van der Waals surface area contributed by atoms with Crippen molar-refractivity contribution in [3.05, 3.63) is 0 Å². The van der Waals surface area contributed by atoms with E-state index in [1.165, 1.54) is 21.0 Å². The molecule has 0 aromatic heterocycles. The molecule has 0 saturated carbocycles. The quantitative estimate of drug-likeness (QED) is 0.657. The van der Waals surface area contributed by atoms with E-state index in [9.17, 15) is 14.4 Å². The molecule has 2 saturated heterocycles. The smallest absolute Gasteiger partial charge is 0.334 e. The molecular weight excluding hydrogens is 378 g/mol. The van der Waals surface area contributed by atoms with Gasteiger partial charge in [-0.15, -0.1) is 0 Å². The summed E-state index contributed by atoms with van der Waals surface area (Å²) in [5.74, 6) is -1.76. The first-order valence-corrected chi connectivity index (χ1v) is 9.57. The fourth-order valence-electron chi connectivity index (χ4n) is 3.10. The summed E-state index contributed by atoms with van der Waals surface area (Å²) in [7, 11) is 1.27. The Morgan fingerprint density at radius 1 is 1.26 bits per heavy atom. The second-order valence-corrected chi connectivity index (χ2v) is 8.21. The Hall–Kier alpha value is -1.20. The molecule has 154 valence electrons. The maximum absolute atomic E-state index is 11.9. The van der Waals surface area contributed by atoms with E-state index >= 15 is 0 Å². The number of carbonyl (C=O) groups excluding carboxylic acids is 3. The average molecular weight is 405 g/mol. The zero-order chi connectivity index (χ0) is 20.4. The second-order valence-electron chi connectivity index (χ2n) is 6.94. The third kappa shape index (κ3) is 5.64. The summed E-state index contributed by atoms with van der Waals surface area (Å²) in [5.41, 5.74) is -0.712. The highest BCUT2D eigenvalue weighted by Gasteiger charge is 2.53. The van der Waals surface area contributed by atoms with Gasteiger partial charge < -0.3 is 29.0 Å². The number of thioether (sulfide) groups is 1. The lowest BCUT2D eigenvalue weighted by atomic mass is 9.95. The largest absolute Gasteiger partial charge is 0.467 e. The Labute approximate surface area is 162 Å². The summed E-state index contributed by atoms with van der Waals surface area (Å²) in [6.45, 7) is 8.07. The number of rotatable bonds is 5. The van der Waals surface area contributed by atoms with Gasteiger partial charge in [0, 0.05) is 13.8 Å². The normalized spacial score (nSPS) is 33.5. The highest BCUT2D eigenvalue weighted by Crippen LogP contribution is 2.37. The third-order valence-electron chi connectivity index (χ3n) is 4.21. The van der Waals surface area contributed by atoms with Crippen LogP contribution in [0, 0.1) is 0 Å². The molecule has 1 unspecified atom stereocenters. The molecule has 27 heavy (non-hydrogen) atoms. The van der Waals surface area contributed by atoms with Crippen LogP contribution in [0.1, 0.15) is 34.6 Å². The zero-order valence-electron chi connectivity index (χ0n) is 16.3. The lowest BCUT2D eigenvalue weighted by molar-refractivity contribution is -0.347. The van der Waals surface area contributed by atoms with E-state index in [0.717, 1.165) is 11.8 Å². The van der Waals surface area contributed by atoms with E-state index in [1.807, 2.05) is 0 Å². The van der Waals surface area contributed by atoms with E-state index in [2.05, 4.69) is 5.32 Å². The monoisotopic (exact) mass is 405 g/mol. The summed E-state index contributed by atoms with van der Waals surface area (Å²) in [4.78, 5) is 35.3. The van der Waals surface area contributed by atoms with Crippen LogP contribution in [0.5, 0.6) is 0 Å². The second kappa shape index (κ2) is 8.87. The summed E-state index contributed by atoms with van der Waals surface area (Å²) in [6, 6.07) is -0.710. The van der Waals surface area contributed by atoms with Gasteiger partial charge in [-0.25, -0.2) is 4.79 Å². The molecule has 0 aromatic rings. The molecule has 10 heteroatoms. The van der Waals surface area contributed by atoms with Gasteiger partial charge in [-0.3, -0.25) is 9.59 Å². The van der Waals surface area contributed by atoms with Gasteiger partial charge in [0.2, 0.25) is 5.91 Å². The maximum Gasteiger partial charge on any atom is 0.334 e. The topological polar surface area (TPSA) is 109 Å². The highest BCUT2D eigenvalue weighted by atomic mass is 32.2. The number of methoxy groups -OCH3 is 1. The Kier molecular flexibility index (Phi) is 7.26. The van der Waals surface area contributed by atoms with E-state index in [4.69, 9.17) is 23.7 Å². The third-order valence-corrected chi connectivity index (χ3v) is 5.18. The summed E-state index contributed by atoms with van der Waals surface area (Å²) in [6.07, 6.45) is -2.77. The van der Waals surface area contributed by atoms with Crippen molar-refractivity contribution in [2.24, 2.45) is 0 Å². The molecule has 0 bridgehead atoms. The van der Waals surface area contributed by atoms with Crippen molar-refractivity contribution in [2.45, 2.75) is 76.3 Å². The average Bonchev–Trinajstić information content (AvgIpc) is 2.56. The van der Waals surface area contributed by atoms with Crippen LogP contribution in [0.25, 0.3) is 0 Å². The van der Waals surface area contributed by atoms with Gasteiger partial charge in [0.05, 0.1) is 19.8 Å². The molecule has 6 atom stereocenters. The number of carbonyl (C=O) groups is 3. The number of hydrogen-bond acceptors (Lipinski definition) is 9. The molecule has 0 radical (unpaired) electrons. The fourth-order valence-corrected chi connectivity index (χ4v) is 3.99. The first-order valence-electron chi connectivity index (χ1n) is 8.69. The van der Waals surface area contributed by atoms with Gasteiger partial charge >= 0.3 is 5.97 Å². The van der Waals surface area contributed by atoms with Crippen molar-refractivity contribution < 1.29 is 38.1 Å².